The van der Waals surface area contributed by atoms with Gasteiger partial charge in [0.25, 0.3) is 0 Å². The largest absolute Gasteiger partial charge is 1.00 e. The van der Waals surface area contributed by atoms with Gasteiger partial charge in [0.2, 0.25) is 6.41 Å². The van der Waals surface area contributed by atoms with Gasteiger partial charge in [0.1, 0.15) is 37.6 Å². The zero-order chi connectivity index (χ0) is 17.9. The number of benzene rings is 1. The average molecular weight is 371 g/mol. The number of hydrogen-bond donors (Lipinski definition) is 5. The van der Waals surface area contributed by atoms with Crippen LogP contribution in [-0.2, 0) is 26.0 Å². The van der Waals surface area contributed by atoms with E-state index in [1.165, 1.54) is 0 Å². The van der Waals surface area contributed by atoms with Crippen LogP contribution in [0, 0.1) is 0 Å². The van der Waals surface area contributed by atoms with Gasteiger partial charge in [-0.15, -0.1) is 0 Å². The number of nitrogens with zero attached hydrogens (tertiary/aromatic N) is 1. The maximum Gasteiger partial charge on any atom is 1.00 e. The van der Waals surface area contributed by atoms with Crippen molar-refractivity contribution in [1.29, 1.82) is 0 Å². The molecule has 11 heteroatoms. The molecule has 10 nitrogen and oxygen atoms in total. The molecule has 0 radical (unpaired) electrons. The van der Waals surface area contributed by atoms with Crippen LogP contribution in [0.3, 0.4) is 0 Å². The van der Waals surface area contributed by atoms with Gasteiger partial charge in [-0.25, -0.2) is 14.8 Å². The Morgan fingerprint density at radius 3 is 2.28 bits per heavy atom. The van der Waals surface area contributed by atoms with Crippen molar-refractivity contribution in [3.8, 4) is 0 Å². The molecule has 1 rings (SSSR count). The Hall–Kier alpha value is -0.630. The third kappa shape index (κ3) is 8.53. The van der Waals surface area contributed by atoms with Crippen molar-refractivity contribution >= 4 is 6.41 Å². The van der Waals surface area contributed by atoms with E-state index in [2.05, 4.69) is 9.78 Å². The molecule has 0 aliphatic heterocycles. The molecule has 4 atom stereocenters. The first kappa shape index (κ1) is 24.4. The van der Waals surface area contributed by atoms with Gasteiger partial charge in [-0.05, 0) is 5.56 Å². The van der Waals surface area contributed by atoms with Gasteiger partial charge < -0.3 is 16.7 Å². The van der Waals surface area contributed by atoms with Crippen molar-refractivity contribution in [2.24, 2.45) is 0 Å². The van der Waals surface area contributed by atoms with E-state index < -0.39 is 37.6 Å². The van der Waals surface area contributed by atoms with Gasteiger partial charge >= 0.3 is 29.6 Å². The van der Waals surface area contributed by atoms with Crippen LogP contribution in [0.4, 0.5) is 0 Å². The third-order valence-electron chi connectivity index (χ3n) is 3.22. The molecule has 0 aromatic heterocycles. The van der Waals surface area contributed by atoms with E-state index in [0.717, 1.165) is 10.6 Å². The summed E-state index contributed by atoms with van der Waals surface area (Å²) in [5.74, 6) is 0. The van der Waals surface area contributed by atoms with Crippen LogP contribution in [0.25, 0.3) is 0 Å². The molecule has 0 heterocycles. The number of aliphatic hydroxyl groups excluding tert-OH is 3. The number of rotatable bonds is 12. The Kier molecular flexibility index (Phi) is 13.2. The molecule has 1 aromatic rings. The van der Waals surface area contributed by atoms with Crippen molar-refractivity contribution in [3.05, 3.63) is 35.9 Å². The van der Waals surface area contributed by atoms with Gasteiger partial charge in [0.15, 0.2) is 0 Å². The van der Waals surface area contributed by atoms with Crippen LogP contribution in [0.15, 0.2) is 30.3 Å². The maximum absolute atomic E-state index is 11.0. The van der Waals surface area contributed by atoms with Crippen LogP contribution in [0.1, 0.15) is 6.99 Å². The fraction of sp³-hybridized carbons (Fsp3) is 0.500. The predicted molar refractivity (Wildman–Crippen MR) is 79.2 cm³/mol. The molecule has 0 saturated carbocycles. The quantitative estimate of drug-likeness (QED) is 0.108. The van der Waals surface area contributed by atoms with E-state index in [0.29, 0.717) is 6.41 Å². The molecule has 0 spiro atoms. The predicted octanol–water partition coefficient (Wildman–Crippen LogP) is -3.88. The molecule has 0 fully saturated rings. The summed E-state index contributed by atoms with van der Waals surface area (Å²) < 4.78 is 0. The average Bonchev–Trinajstić information content (AvgIpc) is 2.62. The molecule has 0 saturated heterocycles. The van der Waals surface area contributed by atoms with E-state index in [-0.39, 0.29) is 37.6 Å². The van der Waals surface area contributed by atoms with Crippen LogP contribution in [-0.4, -0.2) is 74.9 Å². The van der Waals surface area contributed by atoms with Crippen molar-refractivity contribution in [1.82, 2.24) is 5.06 Å². The SMILES string of the molecule is O=CN(C[C@H](O)[C@H](O)[C@H](O)C(COO)OO)OCc1ccccc1.[H-].[Na+]. The van der Waals surface area contributed by atoms with Crippen molar-refractivity contribution in [2.75, 3.05) is 13.2 Å². The second kappa shape index (κ2) is 13.6. The second-order valence-corrected chi connectivity index (χ2v) is 4.95. The summed E-state index contributed by atoms with van der Waals surface area (Å²) in [4.78, 5) is 23.7. The third-order valence-corrected chi connectivity index (χ3v) is 3.22. The number of hydrogen-bond acceptors (Lipinski definition) is 9. The van der Waals surface area contributed by atoms with E-state index in [4.69, 9.17) is 15.4 Å². The second-order valence-electron chi connectivity index (χ2n) is 4.95. The van der Waals surface area contributed by atoms with E-state index in [1.807, 2.05) is 6.07 Å². The van der Waals surface area contributed by atoms with Crippen molar-refractivity contribution < 1.29 is 76.2 Å². The summed E-state index contributed by atoms with van der Waals surface area (Å²) in [5.41, 5.74) is 0.785. The zero-order valence-corrected chi connectivity index (χ0v) is 15.7. The van der Waals surface area contributed by atoms with Crippen LogP contribution < -0.4 is 29.6 Å². The topological polar surface area (TPSA) is 149 Å². The summed E-state index contributed by atoms with van der Waals surface area (Å²) in [6.07, 6.45) is -6.41. The molecule has 0 aliphatic carbocycles. The summed E-state index contributed by atoms with van der Waals surface area (Å²) in [7, 11) is 0. The molecule has 5 N–H and O–H groups in total. The van der Waals surface area contributed by atoms with E-state index in [1.54, 1.807) is 24.3 Å². The smallest absolute Gasteiger partial charge is 1.00 e. The van der Waals surface area contributed by atoms with Gasteiger partial charge in [-0.2, -0.15) is 0 Å². The van der Waals surface area contributed by atoms with Crippen LogP contribution >= 0.6 is 0 Å². The monoisotopic (exact) mass is 371 g/mol. The summed E-state index contributed by atoms with van der Waals surface area (Å²) in [5, 5.41) is 47.0. The minimum atomic E-state index is -1.81. The number of aliphatic hydroxyl groups is 3. The standard InChI is InChI=1S/C14H21NO9.Na.H/c16-9-15(22-7-10-4-2-1-3-5-10)6-11(17)13(18)14(19)12(24-21)8-23-20;;/h1-5,9,11-14,17-21H,6-8H2;;/q;+1;-1/t11-,12?,13-,14+;;/m0../s1. The minimum absolute atomic E-state index is 0. The van der Waals surface area contributed by atoms with Crippen LogP contribution in [0.5, 0.6) is 0 Å². The van der Waals surface area contributed by atoms with E-state index in [9.17, 15) is 20.1 Å². The number of amides is 1. The van der Waals surface area contributed by atoms with Gasteiger partial charge in [-0.3, -0.25) is 20.1 Å². The Morgan fingerprint density at radius 1 is 1.12 bits per heavy atom. The summed E-state index contributed by atoms with van der Waals surface area (Å²) >= 11 is 0. The maximum atomic E-state index is 11.0. The van der Waals surface area contributed by atoms with Crippen molar-refractivity contribution in [3.63, 3.8) is 0 Å². The summed E-state index contributed by atoms with van der Waals surface area (Å²) in [6.45, 7) is -1.04. The molecule has 1 amide bonds. The normalized spacial score (nSPS) is 15.6. The molecular formula is C14H22NNaO9. The first-order chi connectivity index (χ1) is 11.5. The Morgan fingerprint density at radius 2 is 1.76 bits per heavy atom. The van der Waals surface area contributed by atoms with Gasteiger partial charge in [0.05, 0.1) is 6.54 Å². The first-order valence-corrected chi connectivity index (χ1v) is 7.03. The summed E-state index contributed by atoms with van der Waals surface area (Å²) in [6, 6.07) is 8.94. The fourth-order valence-electron chi connectivity index (χ4n) is 1.86. The molecule has 0 bridgehead atoms. The Balaban J connectivity index is 0. The van der Waals surface area contributed by atoms with E-state index >= 15 is 0 Å². The first-order valence-electron chi connectivity index (χ1n) is 7.03. The van der Waals surface area contributed by atoms with Gasteiger partial charge in [0, 0.05) is 0 Å². The molecule has 1 unspecified atom stereocenters. The molecule has 1 aromatic carbocycles. The molecule has 0 aliphatic rings. The van der Waals surface area contributed by atoms with Crippen LogP contribution in [0.2, 0.25) is 0 Å². The fourth-order valence-corrected chi connectivity index (χ4v) is 1.86. The molecular weight excluding hydrogens is 349 g/mol. The van der Waals surface area contributed by atoms with Crippen molar-refractivity contribution in [2.45, 2.75) is 31.0 Å². The molecule has 25 heavy (non-hydrogen) atoms. The minimum Gasteiger partial charge on any atom is -1.00 e. The molecule has 138 valence electrons. The number of carbonyl (C=O) groups is 1. The number of hydroxylamine groups is 2. The Labute approximate surface area is 167 Å². The zero-order valence-electron chi connectivity index (χ0n) is 14.7. The Bertz CT molecular complexity index is 473. The van der Waals surface area contributed by atoms with Gasteiger partial charge in [-0.1, -0.05) is 30.3 Å². The number of carbonyl (C=O) groups excluding carboxylic acids is 1.